The molecule has 4 heterocycles. The fourth-order valence-electron chi connectivity index (χ4n) is 10.4. The minimum Gasteiger partial charge on any atom is -0.375 e. The zero-order chi connectivity index (χ0) is 37.4. The standard InChI is InChI=1S/C52H37BN2S/c1-30-12-9-13-31(2)47(30)36-23-25-45-40(26-36)41-27-37(48-32(3)14-10-15-33(48)4)28-42-50(41)55(45)53-43-24-22-35-17-6-8-20-39(35)51(43)54(46-29-56-52(42)49(46)53)44-21-11-18-34-16-5-7-19-38(34)44/h5-29H,1-4H3. The van der Waals surface area contributed by atoms with Crippen LogP contribution in [0.5, 0.6) is 0 Å². The summed E-state index contributed by atoms with van der Waals surface area (Å²) in [4.78, 5) is 3.96. The number of anilines is 3. The van der Waals surface area contributed by atoms with Crippen molar-refractivity contribution in [1.29, 1.82) is 0 Å². The Balaban J connectivity index is 1.24. The van der Waals surface area contributed by atoms with E-state index in [1.54, 1.807) is 0 Å². The number of nitrogens with zero attached hydrogens (tertiary/aromatic N) is 2. The third-order valence-corrected chi connectivity index (χ3v) is 13.7. The summed E-state index contributed by atoms with van der Waals surface area (Å²) in [5, 5.41) is 10.1. The molecule has 2 aromatic heterocycles. The Bertz CT molecular complexity index is 3280. The third kappa shape index (κ3) is 4.22. The topological polar surface area (TPSA) is 8.17 Å². The summed E-state index contributed by atoms with van der Waals surface area (Å²) in [5.74, 6) is 0. The van der Waals surface area contributed by atoms with Crippen LogP contribution in [0, 0.1) is 27.7 Å². The molecule has 0 spiro atoms. The molecular formula is C52H37BN2S. The van der Waals surface area contributed by atoms with Gasteiger partial charge in [0.1, 0.15) is 0 Å². The van der Waals surface area contributed by atoms with E-state index in [1.165, 1.54) is 126 Å². The predicted octanol–water partition coefficient (Wildman–Crippen LogP) is 13.1. The number of rotatable bonds is 3. The van der Waals surface area contributed by atoms with Gasteiger partial charge in [-0.2, -0.15) is 0 Å². The van der Waals surface area contributed by atoms with Crippen LogP contribution in [0.25, 0.3) is 76.0 Å². The molecule has 56 heavy (non-hydrogen) atoms. The van der Waals surface area contributed by atoms with Gasteiger partial charge in [-0.15, -0.1) is 11.3 Å². The lowest BCUT2D eigenvalue weighted by Gasteiger charge is -2.39. The van der Waals surface area contributed by atoms with Crippen LogP contribution in [0.3, 0.4) is 0 Å². The Kier molecular flexibility index (Phi) is 6.61. The van der Waals surface area contributed by atoms with Crippen molar-refractivity contribution in [2.45, 2.75) is 27.7 Å². The number of fused-ring (bicyclic) bond motifs is 10. The molecule has 12 rings (SSSR count). The Morgan fingerprint density at radius 3 is 1.88 bits per heavy atom. The highest BCUT2D eigenvalue weighted by Gasteiger charge is 2.44. The van der Waals surface area contributed by atoms with E-state index < -0.39 is 0 Å². The first kappa shape index (κ1) is 31.9. The van der Waals surface area contributed by atoms with Crippen LogP contribution >= 0.6 is 11.3 Å². The molecule has 264 valence electrons. The van der Waals surface area contributed by atoms with Gasteiger partial charge in [-0.05, 0) is 124 Å². The van der Waals surface area contributed by atoms with Gasteiger partial charge in [-0.3, -0.25) is 0 Å². The molecule has 0 fully saturated rings. The second kappa shape index (κ2) is 11.6. The highest BCUT2D eigenvalue weighted by Crippen LogP contribution is 2.51. The SMILES string of the molecule is Cc1cccc(C)c1-c1ccc2c(c1)c1cc(-c3c(C)cccc3C)cc3c1n2B1c2ccc4ccccc4c2N(c2cccc4ccccc24)c2csc-3c21. The van der Waals surface area contributed by atoms with Gasteiger partial charge in [0.15, 0.2) is 0 Å². The van der Waals surface area contributed by atoms with Crippen LogP contribution in [0.2, 0.25) is 0 Å². The summed E-state index contributed by atoms with van der Waals surface area (Å²) >= 11 is 1.91. The summed E-state index contributed by atoms with van der Waals surface area (Å²) in [6.07, 6.45) is 0. The van der Waals surface area contributed by atoms with Crippen molar-refractivity contribution < 1.29 is 0 Å². The van der Waals surface area contributed by atoms with Gasteiger partial charge in [-0.25, -0.2) is 0 Å². The molecule has 0 bridgehead atoms. The van der Waals surface area contributed by atoms with Crippen molar-refractivity contribution in [2.75, 3.05) is 4.90 Å². The molecule has 4 heteroatoms. The van der Waals surface area contributed by atoms with Crippen molar-refractivity contribution >= 4 is 89.5 Å². The van der Waals surface area contributed by atoms with E-state index in [9.17, 15) is 0 Å². The lowest BCUT2D eigenvalue weighted by molar-refractivity contribution is 1.28. The quantitative estimate of drug-likeness (QED) is 0.164. The fourth-order valence-corrected chi connectivity index (χ4v) is 11.5. The second-order valence-corrected chi connectivity index (χ2v) is 16.8. The third-order valence-electron chi connectivity index (χ3n) is 12.7. The van der Waals surface area contributed by atoms with E-state index in [2.05, 4.69) is 188 Å². The van der Waals surface area contributed by atoms with E-state index >= 15 is 0 Å². The van der Waals surface area contributed by atoms with Crippen LogP contribution in [0.4, 0.5) is 17.1 Å². The van der Waals surface area contributed by atoms with Crippen LogP contribution in [0.1, 0.15) is 22.3 Å². The maximum absolute atomic E-state index is 2.70. The maximum atomic E-state index is 2.70. The Morgan fingerprint density at radius 2 is 1.12 bits per heavy atom. The molecule has 2 aliphatic rings. The number of thiophene rings is 1. The minimum atomic E-state index is 0.0154. The first-order valence-electron chi connectivity index (χ1n) is 19.6. The highest BCUT2D eigenvalue weighted by molar-refractivity contribution is 7.17. The lowest BCUT2D eigenvalue weighted by atomic mass is 9.46. The molecule has 0 unspecified atom stereocenters. The van der Waals surface area contributed by atoms with E-state index in [-0.39, 0.29) is 6.85 Å². The van der Waals surface area contributed by atoms with Gasteiger partial charge in [0.25, 0.3) is 0 Å². The van der Waals surface area contributed by atoms with E-state index in [4.69, 9.17) is 0 Å². The summed E-state index contributed by atoms with van der Waals surface area (Å²) in [5.41, 5.74) is 20.9. The highest BCUT2D eigenvalue weighted by atomic mass is 32.1. The number of hydrogen-bond acceptors (Lipinski definition) is 2. The van der Waals surface area contributed by atoms with Crippen LogP contribution in [-0.2, 0) is 0 Å². The largest absolute Gasteiger partial charge is 0.375 e. The molecule has 0 N–H and O–H groups in total. The Morgan fingerprint density at radius 1 is 0.500 bits per heavy atom. The van der Waals surface area contributed by atoms with Gasteiger partial charge >= 0.3 is 6.85 Å². The van der Waals surface area contributed by atoms with Gasteiger partial charge in [0, 0.05) is 48.4 Å². The normalized spacial score (nSPS) is 12.9. The number of aromatic nitrogens is 1. The first-order valence-corrected chi connectivity index (χ1v) is 20.5. The number of aryl methyl sites for hydroxylation is 4. The summed E-state index contributed by atoms with van der Waals surface area (Å²) in [6, 6.07) is 54.9. The molecule has 0 atom stereocenters. The molecule has 2 nitrogen and oxygen atoms in total. The summed E-state index contributed by atoms with van der Waals surface area (Å²) in [6.45, 7) is 9.01. The maximum Gasteiger partial charge on any atom is 0.333 e. The fraction of sp³-hybridized carbons (Fsp3) is 0.0769. The molecular weight excluding hydrogens is 695 g/mol. The van der Waals surface area contributed by atoms with E-state index in [0.717, 1.165) is 0 Å². The van der Waals surface area contributed by atoms with Crippen molar-refractivity contribution in [3.8, 4) is 32.7 Å². The van der Waals surface area contributed by atoms with Gasteiger partial charge in [0.05, 0.1) is 17.1 Å². The van der Waals surface area contributed by atoms with Crippen molar-refractivity contribution in [3.05, 3.63) is 173 Å². The Labute approximate surface area is 331 Å². The molecule has 0 radical (unpaired) electrons. The molecule has 0 aliphatic carbocycles. The molecule has 0 amide bonds. The lowest BCUT2D eigenvalue weighted by Crippen LogP contribution is -2.55. The zero-order valence-electron chi connectivity index (χ0n) is 31.8. The number of hydrogen-bond donors (Lipinski definition) is 0. The smallest absolute Gasteiger partial charge is 0.333 e. The van der Waals surface area contributed by atoms with E-state index in [1.807, 2.05) is 11.3 Å². The average Bonchev–Trinajstić information content (AvgIpc) is 3.80. The van der Waals surface area contributed by atoms with E-state index in [0.29, 0.717) is 0 Å². The molecule has 0 saturated heterocycles. The van der Waals surface area contributed by atoms with Gasteiger partial charge in [0.2, 0.25) is 0 Å². The minimum absolute atomic E-state index is 0.0154. The molecule has 10 aromatic rings. The first-order chi connectivity index (χ1) is 27.5. The molecule has 2 aliphatic heterocycles. The van der Waals surface area contributed by atoms with Gasteiger partial charge in [-0.1, -0.05) is 115 Å². The average molecular weight is 733 g/mol. The van der Waals surface area contributed by atoms with Crippen LogP contribution < -0.4 is 15.8 Å². The summed E-state index contributed by atoms with van der Waals surface area (Å²) < 4.78 is 2.70. The molecule has 8 aromatic carbocycles. The zero-order valence-corrected chi connectivity index (χ0v) is 32.6. The van der Waals surface area contributed by atoms with Crippen molar-refractivity contribution in [3.63, 3.8) is 0 Å². The van der Waals surface area contributed by atoms with Crippen molar-refractivity contribution in [1.82, 2.24) is 4.48 Å². The van der Waals surface area contributed by atoms with Crippen LogP contribution in [0.15, 0.2) is 151 Å². The Hall–Kier alpha value is -6.36. The second-order valence-electron chi connectivity index (χ2n) is 15.9. The monoisotopic (exact) mass is 732 g/mol. The van der Waals surface area contributed by atoms with Gasteiger partial charge < -0.3 is 9.38 Å². The van der Waals surface area contributed by atoms with Crippen LogP contribution in [-0.4, -0.2) is 11.3 Å². The summed E-state index contributed by atoms with van der Waals surface area (Å²) in [7, 11) is 0. The predicted molar refractivity (Wildman–Crippen MR) is 243 cm³/mol. The van der Waals surface area contributed by atoms with Crippen molar-refractivity contribution in [2.24, 2.45) is 0 Å². The number of benzene rings is 8. The molecule has 0 saturated carbocycles.